The van der Waals surface area contributed by atoms with Crippen LogP contribution in [0, 0.1) is 0 Å². The van der Waals surface area contributed by atoms with Crippen LogP contribution in [-0.2, 0) is 11.3 Å². The highest BCUT2D eigenvalue weighted by Crippen LogP contribution is 2.13. The molecule has 0 bridgehead atoms. The quantitative estimate of drug-likeness (QED) is 0.812. The van der Waals surface area contributed by atoms with Gasteiger partial charge in [0.25, 0.3) is 0 Å². The van der Waals surface area contributed by atoms with Crippen molar-refractivity contribution in [3.63, 3.8) is 0 Å². The molecule has 0 aromatic carbocycles. The van der Waals surface area contributed by atoms with E-state index in [4.69, 9.17) is 10.5 Å². The molecule has 0 amide bonds. The first-order valence-electron chi connectivity index (χ1n) is 4.68. The number of hydrogen-bond donors (Lipinski definition) is 1. The fourth-order valence-electron chi connectivity index (χ4n) is 1.27. The monoisotopic (exact) mass is 217 g/mol. The summed E-state index contributed by atoms with van der Waals surface area (Å²) in [6, 6.07) is 1.67. The van der Waals surface area contributed by atoms with Crippen LogP contribution in [-0.4, -0.2) is 27.0 Å². The van der Waals surface area contributed by atoms with Crippen LogP contribution >= 0.6 is 0 Å². The molecular formula is C10H11N5O. The van der Waals surface area contributed by atoms with Crippen molar-refractivity contribution >= 4 is 5.82 Å². The van der Waals surface area contributed by atoms with Gasteiger partial charge in [0.15, 0.2) is 5.82 Å². The summed E-state index contributed by atoms with van der Waals surface area (Å²) in [5, 5.41) is 0. The molecule has 82 valence electrons. The fourth-order valence-corrected chi connectivity index (χ4v) is 1.27. The summed E-state index contributed by atoms with van der Waals surface area (Å²) in [4.78, 5) is 16.4. The highest BCUT2D eigenvalue weighted by molar-refractivity contribution is 5.50. The molecule has 2 N–H and O–H groups in total. The second kappa shape index (κ2) is 4.63. The van der Waals surface area contributed by atoms with E-state index in [-0.39, 0.29) is 0 Å². The van der Waals surface area contributed by atoms with E-state index in [0.29, 0.717) is 23.9 Å². The minimum Gasteiger partial charge on any atom is -0.384 e. The normalized spacial score (nSPS) is 10.3. The summed E-state index contributed by atoms with van der Waals surface area (Å²) in [6.45, 7) is 0.389. The van der Waals surface area contributed by atoms with Gasteiger partial charge in [-0.05, 0) is 0 Å². The van der Waals surface area contributed by atoms with Crippen molar-refractivity contribution in [3.8, 4) is 11.5 Å². The van der Waals surface area contributed by atoms with E-state index in [0.717, 1.165) is 5.69 Å². The predicted molar refractivity (Wildman–Crippen MR) is 58.2 cm³/mol. The highest BCUT2D eigenvalue weighted by atomic mass is 16.5. The molecule has 0 spiro atoms. The number of rotatable bonds is 3. The summed E-state index contributed by atoms with van der Waals surface area (Å²) in [6.07, 6.45) is 4.76. The van der Waals surface area contributed by atoms with Crippen LogP contribution in [0.2, 0.25) is 0 Å². The lowest BCUT2D eigenvalue weighted by atomic mass is 10.3. The van der Waals surface area contributed by atoms with Crippen LogP contribution in [0.5, 0.6) is 0 Å². The zero-order valence-corrected chi connectivity index (χ0v) is 8.79. The second-order valence-corrected chi connectivity index (χ2v) is 3.13. The Labute approximate surface area is 92.6 Å². The Morgan fingerprint density at radius 1 is 1.31 bits per heavy atom. The zero-order chi connectivity index (χ0) is 11.4. The van der Waals surface area contributed by atoms with Gasteiger partial charge in [-0.3, -0.25) is 4.98 Å². The number of hydrogen-bond acceptors (Lipinski definition) is 6. The van der Waals surface area contributed by atoms with Crippen molar-refractivity contribution in [2.45, 2.75) is 6.61 Å². The second-order valence-electron chi connectivity index (χ2n) is 3.13. The Hall–Kier alpha value is -2.08. The molecule has 0 unspecified atom stereocenters. The van der Waals surface area contributed by atoms with Crippen LogP contribution in [0.4, 0.5) is 5.82 Å². The third-order valence-electron chi connectivity index (χ3n) is 1.88. The molecule has 0 radical (unpaired) electrons. The molecule has 2 aromatic rings. The SMILES string of the molecule is COCc1cc(N)nc(-c2cnccn2)n1. The van der Waals surface area contributed by atoms with Crippen LogP contribution in [0.25, 0.3) is 11.5 Å². The van der Waals surface area contributed by atoms with Gasteiger partial charge in [0, 0.05) is 25.6 Å². The molecule has 16 heavy (non-hydrogen) atoms. The smallest absolute Gasteiger partial charge is 0.182 e. The molecule has 0 saturated carbocycles. The first kappa shape index (κ1) is 10.4. The van der Waals surface area contributed by atoms with E-state index < -0.39 is 0 Å². The molecule has 2 heterocycles. The topological polar surface area (TPSA) is 86.8 Å². The summed E-state index contributed by atoms with van der Waals surface area (Å²) >= 11 is 0. The Morgan fingerprint density at radius 3 is 2.88 bits per heavy atom. The molecule has 6 nitrogen and oxygen atoms in total. The molecule has 0 atom stereocenters. The Balaban J connectivity index is 2.41. The van der Waals surface area contributed by atoms with E-state index in [9.17, 15) is 0 Å². The summed E-state index contributed by atoms with van der Waals surface area (Å²) in [7, 11) is 1.60. The average molecular weight is 217 g/mol. The van der Waals surface area contributed by atoms with Crippen LogP contribution in [0.3, 0.4) is 0 Å². The van der Waals surface area contributed by atoms with Gasteiger partial charge in [0.1, 0.15) is 11.5 Å². The fraction of sp³-hybridized carbons (Fsp3) is 0.200. The molecule has 2 aromatic heterocycles. The number of methoxy groups -OCH3 is 1. The van der Waals surface area contributed by atoms with E-state index in [2.05, 4.69) is 19.9 Å². The molecule has 0 saturated heterocycles. The van der Waals surface area contributed by atoms with Gasteiger partial charge in [0.05, 0.1) is 18.5 Å². The van der Waals surface area contributed by atoms with Gasteiger partial charge in [-0.25, -0.2) is 15.0 Å². The van der Waals surface area contributed by atoms with Gasteiger partial charge < -0.3 is 10.5 Å². The molecule has 0 aliphatic carbocycles. The van der Waals surface area contributed by atoms with E-state index in [1.165, 1.54) is 0 Å². The maximum atomic E-state index is 5.67. The number of ether oxygens (including phenoxy) is 1. The van der Waals surface area contributed by atoms with Crippen LogP contribution in [0.1, 0.15) is 5.69 Å². The number of aromatic nitrogens is 4. The molecule has 0 aliphatic rings. The van der Waals surface area contributed by atoms with E-state index >= 15 is 0 Å². The number of nitrogens with two attached hydrogens (primary N) is 1. The van der Waals surface area contributed by atoms with Gasteiger partial charge in [-0.15, -0.1) is 0 Å². The largest absolute Gasteiger partial charge is 0.384 e. The average Bonchev–Trinajstić information content (AvgIpc) is 2.30. The summed E-state index contributed by atoms with van der Waals surface area (Å²) in [5.41, 5.74) is 6.98. The van der Waals surface area contributed by atoms with Crippen molar-refractivity contribution in [1.82, 2.24) is 19.9 Å². The molecule has 2 rings (SSSR count). The van der Waals surface area contributed by atoms with Crippen LogP contribution in [0.15, 0.2) is 24.7 Å². The third kappa shape index (κ3) is 2.29. The molecular weight excluding hydrogens is 206 g/mol. The summed E-state index contributed by atoms with van der Waals surface area (Å²) in [5.74, 6) is 0.850. The van der Waals surface area contributed by atoms with E-state index in [1.54, 1.807) is 31.8 Å². The highest BCUT2D eigenvalue weighted by Gasteiger charge is 2.06. The number of anilines is 1. The standard InChI is InChI=1S/C10H11N5O/c1-16-6-7-4-9(11)15-10(14-7)8-5-12-2-3-13-8/h2-5H,6H2,1H3,(H2,11,14,15). The third-order valence-corrected chi connectivity index (χ3v) is 1.88. The Bertz CT molecular complexity index is 474. The lowest BCUT2D eigenvalue weighted by Crippen LogP contribution is -2.02. The van der Waals surface area contributed by atoms with Gasteiger partial charge in [-0.2, -0.15) is 0 Å². The van der Waals surface area contributed by atoms with Gasteiger partial charge in [0.2, 0.25) is 0 Å². The van der Waals surface area contributed by atoms with Crippen LogP contribution < -0.4 is 5.73 Å². The zero-order valence-electron chi connectivity index (χ0n) is 8.79. The van der Waals surface area contributed by atoms with Crippen molar-refractivity contribution < 1.29 is 4.74 Å². The number of nitrogens with zero attached hydrogens (tertiary/aromatic N) is 4. The Morgan fingerprint density at radius 2 is 2.19 bits per heavy atom. The van der Waals surface area contributed by atoms with Crippen molar-refractivity contribution in [3.05, 3.63) is 30.4 Å². The minimum atomic E-state index is 0.389. The van der Waals surface area contributed by atoms with Crippen molar-refractivity contribution in [2.24, 2.45) is 0 Å². The first-order valence-corrected chi connectivity index (χ1v) is 4.68. The van der Waals surface area contributed by atoms with Gasteiger partial charge >= 0.3 is 0 Å². The first-order chi connectivity index (χ1) is 7.79. The maximum absolute atomic E-state index is 5.67. The van der Waals surface area contributed by atoms with Crippen molar-refractivity contribution in [1.29, 1.82) is 0 Å². The lowest BCUT2D eigenvalue weighted by molar-refractivity contribution is 0.181. The Kier molecular flexibility index (Phi) is 3.02. The molecule has 0 fully saturated rings. The van der Waals surface area contributed by atoms with Crippen molar-refractivity contribution in [2.75, 3.05) is 12.8 Å². The summed E-state index contributed by atoms with van der Waals surface area (Å²) < 4.78 is 4.99. The molecule has 0 aliphatic heterocycles. The predicted octanol–water partition coefficient (Wildman–Crippen LogP) is 0.662. The maximum Gasteiger partial charge on any atom is 0.182 e. The van der Waals surface area contributed by atoms with Gasteiger partial charge in [-0.1, -0.05) is 0 Å². The minimum absolute atomic E-state index is 0.389. The number of nitrogen functional groups attached to an aromatic ring is 1. The lowest BCUT2D eigenvalue weighted by Gasteiger charge is -2.03. The van der Waals surface area contributed by atoms with E-state index in [1.807, 2.05) is 0 Å². The molecule has 6 heteroatoms.